The summed E-state index contributed by atoms with van der Waals surface area (Å²) in [5.74, 6) is 1.81. The van der Waals surface area contributed by atoms with Gasteiger partial charge in [-0.05, 0) is 56.0 Å². The molecule has 0 radical (unpaired) electrons. The van der Waals surface area contributed by atoms with E-state index in [-0.39, 0.29) is 6.04 Å². The highest BCUT2D eigenvalue weighted by Gasteiger charge is 2.29. The van der Waals surface area contributed by atoms with Crippen molar-refractivity contribution in [3.63, 3.8) is 0 Å². The molecule has 1 saturated heterocycles. The highest BCUT2D eigenvalue weighted by atomic mass is 16.5. The summed E-state index contributed by atoms with van der Waals surface area (Å²) in [5, 5.41) is 0. The number of hydrogen-bond acceptors (Lipinski definition) is 3. The fourth-order valence-corrected chi connectivity index (χ4v) is 3.39. The average Bonchev–Trinajstić information content (AvgIpc) is 2.56. The van der Waals surface area contributed by atoms with Gasteiger partial charge in [0.25, 0.3) is 0 Å². The van der Waals surface area contributed by atoms with E-state index in [0.29, 0.717) is 6.04 Å². The van der Waals surface area contributed by atoms with E-state index in [1.54, 1.807) is 7.11 Å². The first-order valence-corrected chi connectivity index (χ1v) is 8.33. The third-order valence-corrected chi connectivity index (χ3v) is 4.95. The average molecular weight is 290 g/mol. The van der Waals surface area contributed by atoms with Crippen molar-refractivity contribution in [2.24, 2.45) is 11.7 Å². The van der Waals surface area contributed by atoms with Crippen LogP contribution in [0.1, 0.15) is 51.1 Å². The maximum atomic E-state index is 6.44. The van der Waals surface area contributed by atoms with Crippen molar-refractivity contribution in [2.45, 2.75) is 51.6 Å². The molecule has 2 rings (SSSR count). The van der Waals surface area contributed by atoms with Crippen LogP contribution < -0.4 is 10.5 Å². The van der Waals surface area contributed by atoms with Crippen molar-refractivity contribution in [3.8, 4) is 5.75 Å². The van der Waals surface area contributed by atoms with Crippen LogP contribution in [-0.2, 0) is 0 Å². The van der Waals surface area contributed by atoms with E-state index in [9.17, 15) is 0 Å². The zero-order chi connectivity index (χ0) is 15.2. The number of rotatable bonds is 6. The summed E-state index contributed by atoms with van der Waals surface area (Å²) in [6.45, 7) is 6.82. The van der Waals surface area contributed by atoms with Gasteiger partial charge in [0.2, 0.25) is 0 Å². The van der Waals surface area contributed by atoms with Crippen molar-refractivity contribution in [2.75, 3.05) is 20.2 Å². The molecule has 1 aliphatic rings. The SMILES string of the molecule is CCC1CCN(C(c2ccc(OC)cc2)C(N)CC)CC1. The van der Waals surface area contributed by atoms with E-state index in [4.69, 9.17) is 10.5 Å². The normalized spacial score (nSPS) is 20.2. The molecule has 0 amide bonds. The Balaban J connectivity index is 2.14. The summed E-state index contributed by atoms with van der Waals surface area (Å²) in [6.07, 6.45) is 4.92. The molecule has 118 valence electrons. The third-order valence-electron chi connectivity index (χ3n) is 4.95. The second kappa shape index (κ2) is 7.81. The van der Waals surface area contributed by atoms with Crippen molar-refractivity contribution in [1.82, 2.24) is 4.90 Å². The summed E-state index contributed by atoms with van der Waals surface area (Å²) in [7, 11) is 1.71. The van der Waals surface area contributed by atoms with Crippen molar-refractivity contribution < 1.29 is 4.74 Å². The molecule has 0 spiro atoms. The largest absolute Gasteiger partial charge is 0.497 e. The second-order valence-electron chi connectivity index (χ2n) is 6.18. The predicted molar refractivity (Wildman–Crippen MR) is 88.6 cm³/mol. The molecule has 2 unspecified atom stereocenters. The Morgan fingerprint density at radius 3 is 2.29 bits per heavy atom. The number of hydrogen-bond donors (Lipinski definition) is 1. The minimum atomic E-state index is 0.191. The first-order chi connectivity index (χ1) is 10.2. The summed E-state index contributed by atoms with van der Waals surface area (Å²) in [6, 6.07) is 8.96. The summed E-state index contributed by atoms with van der Waals surface area (Å²) >= 11 is 0. The van der Waals surface area contributed by atoms with Crippen LogP contribution in [0.4, 0.5) is 0 Å². The lowest BCUT2D eigenvalue weighted by Crippen LogP contribution is -2.44. The Morgan fingerprint density at radius 2 is 1.81 bits per heavy atom. The van der Waals surface area contributed by atoms with Crippen molar-refractivity contribution >= 4 is 0 Å². The summed E-state index contributed by atoms with van der Waals surface area (Å²) in [4.78, 5) is 2.59. The number of piperidine rings is 1. The smallest absolute Gasteiger partial charge is 0.118 e. The summed E-state index contributed by atoms with van der Waals surface area (Å²) in [5.41, 5.74) is 7.76. The first kappa shape index (κ1) is 16.3. The van der Waals surface area contributed by atoms with Gasteiger partial charge in [0.05, 0.1) is 7.11 Å². The number of benzene rings is 1. The molecule has 3 nitrogen and oxygen atoms in total. The maximum absolute atomic E-state index is 6.44. The number of nitrogens with two attached hydrogens (primary N) is 1. The molecule has 0 aliphatic carbocycles. The van der Waals surface area contributed by atoms with Crippen LogP contribution in [0.3, 0.4) is 0 Å². The van der Waals surface area contributed by atoms with Crippen LogP contribution in [0.15, 0.2) is 24.3 Å². The van der Waals surface area contributed by atoms with Crippen LogP contribution in [0.25, 0.3) is 0 Å². The Bertz CT molecular complexity index is 410. The molecule has 0 saturated carbocycles. The van der Waals surface area contributed by atoms with Gasteiger partial charge in [-0.15, -0.1) is 0 Å². The quantitative estimate of drug-likeness (QED) is 0.870. The molecule has 1 heterocycles. The Hall–Kier alpha value is -1.06. The van der Waals surface area contributed by atoms with Crippen LogP contribution in [0, 0.1) is 5.92 Å². The minimum Gasteiger partial charge on any atom is -0.497 e. The highest BCUT2D eigenvalue weighted by molar-refractivity contribution is 5.30. The zero-order valence-corrected chi connectivity index (χ0v) is 13.7. The van der Waals surface area contributed by atoms with Gasteiger partial charge in [-0.25, -0.2) is 0 Å². The van der Waals surface area contributed by atoms with E-state index < -0.39 is 0 Å². The molecule has 0 bridgehead atoms. The third kappa shape index (κ3) is 3.98. The summed E-state index contributed by atoms with van der Waals surface area (Å²) < 4.78 is 5.26. The molecular formula is C18H30N2O. The zero-order valence-electron chi connectivity index (χ0n) is 13.7. The van der Waals surface area contributed by atoms with Crippen LogP contribution >= 0.6 is 0 Å². The highest BCUT2D eigenvalue weighted by Crippen LogP contribution is 2.31. The molecule has 1 fully saturated rings. The Labute approximate surface area is 129 Å². The first-order valence-electron chi connectivity index (χ1n) is 8.33. The van der Waals surface area contributed by atoms with Gasteiger partial charge in [0, 0.05) is 12.1 Å². The van der Waals surface area contributed by atoms with Gasteiger partial charge in [-0.3, -0.25) is 4.90 Å². The van der Waals surface area contributed by atoms with Gasteiger partial charge in [0.1, 0.15) is 5.75 Å². The van der Waals surface area contributed by atoms with Crippen molar-refractivity contribution in [1.29, 1.82) is 0 Å². The van der Waals surface area contributed by atoms with E-state index >= 15 is 0 Å². The van der Waals surface area contributed by atoms with Crippen LogP contribution in [-0.4, -0.2) is 31.1 Å². The number of nitrogens with zero attached hydrogens (tertiary/aromatic N) is 1. The lowest BCUT2D eigenvalue weighted by Gasteiger charge is -2.40. The molecule has 1 aromatic carbocycles. The Kier molecular flexibility index (Phi) is 6.07. The van der Waals surface area contributed by atoms with E-state index in [0.717, 1.165) is 18.1 Å². The maximum Gasteiger partial charge on any atom is 0.118 e. The topological polar surface area (TPSA) is 38.5 Å². The standard InChI is InChI=1S/C18H30N2O/c1-4-14-10-12-20(13-11-14)18(17(19)5-2)15-6-8-16(21-3)9-7-15/h6-9,14,17-18H,4-5,10-13,19H2,1-3H3. The van der Waals surface area contributed by atoms with Gasteiger partial charge >= 0.3 is 0 Å². The molecule has 1 aliphatic heterocycles. The van der Waals surface area contributed by atoms with Gasteiger partial charge < -0.3 is 10.5 Å². The lowest BCUT2D eigenvalue weighted by atomic mass is 9.90. The van der Waals surface area contributed by atoms with Crippen LogP contribution in [0.2, 0.25) is 0 Å². The van der Waals surface area contributed by atoms with Crippen molar-refractivity contribution in [3.05, 3.63) is 29.8 Å². The lowest BCUT2D eigenvalue weighted by molar-refractivity contribution is 0.113. The van der Waals surface area contributed by atoms with E-state index in [1.807, 2.05) is 12.1 Å². The van der Waals surface area contributed by atoms with Gasteiger partial charge in [0.15, 0.2) is 0 Å². The van der Waals surface area contributed by atoms with E-state index in [2.05, 4.69) is 30.9 Å². The molecule has 1 aromatic rings. The Morgan fingerprint density at radius 1 is 1.19 bits per heavy atom. The second-order valence-corrected chi connectivity index (χ2v) is 6.18. The molecule has 2 N–H and O–H groups in total. The molecule has 21 heavy (non-hydrogen) atoms. The van der Waals surface area contributed by atoms with E-state index in [1.165, 1.54) is 37.9 Å². The fourth-order valence-electron chi connectivity index (χ4n) is 3.39. The number of methoxy groups -OCH3 is 1. The molecule has 3 heteroatoms. The molecule has 0 aromatic heterocycles. The number of likely N-dealkylation sites (tertiary alicyclic amines) is 1. The molecule has 2 atom stereocenters. The monoisotopic (exact) mass is 290 g/mol. The predicted octanol–water partition coefficient (Wildman–Crippen LogP) is 3.60. The fraction of sp³-hybridized carbons (Fsp3) is 0.667. The molecular weight excluding hydrogens is 260 g/mol. The van der Waals surface area contributed by atoms with Crippen LogP contribution in [0.5, 0.6) is 5.75 Å². The number of ether oxygens (including phenoxy) is 1. The van der Waals surface area contributed by atoms with Gasteiger partial charge in [-0.2, -0.15) is 0 Å². The minimum absolute atomic E-state index is 0.191. The van der Waals surface area contributed by atoms with Gasteiger partial charge in [-0.1, -0.05) is 32.4 Å².